The second-order valence-corrected chi connectivity index (χ2v) is 5.23. The number of amides is 1. The van der Waals surface area contributed by atoms with Crippen LogP contribution in [0.15, 0.2) is 10.6 Å². The van der Waals surface area contributed by atoms with Gasteiger partial charge in [-0.1, -0.05) is 19.0 Å². The van der Waals surface area contributed by atoms with Crippen molar-refractivity contribution in [2.75, 3.05) is 6.54 Å². The van der Waals surface area contributed by atoms with E-state index in [1.54, 1.807) is 19.9 Å². The van der Waals surface area contributed by atoms with Crippen LogP contribution in [0.2, 0.25) is 0 Å². The summed E-state index contributed by atoms with van der Waals surface area (Å²) in [5.41, 5.74) is 0.525. The molecule has 1 rings (SSSR count). The average molecular weight is 240 g/mol. The molecule has 0 bridgehead atoms. The highest BCUT2D eigenvalue weighted by atomic mass is 16.5. The van der Waals surface area contributed by atoms with E-state index in [1.165, 1.54) is 0 Å². The lowest BCUT2D eigenvalue weighted by molar-refractivity contribution is 0.0867. The van der Waals surface area contributed by atoms with E-state index in [-0.39, 0.29) is 23.2 Å². The highest BCUT2D eigenvalue weighted by Gasteiger charge is 2.22. The third-order valence-corrected chi connectivity index (χ3v) is 2.43. The maximum absolute atomic E-state index is 11.7. The second-order valence-electron chi connectivity index (χ2n) is 5.23. The monoisotopic (exact) mass is 240 g/mol. The van der Waals surface area contributed by atoms with Crippen LogP contribution < -0.4 is 5.32 Å². The molecule has 0 saturated heterocycles. The molecule has 1 atom stereocenters. The molecular formula is C12H20N2O3. The number of aromatic nitrogens is 1. The van der Waals surface area contributed by atoms with E-state index >= 15 is 0 Å². The molecule has 17 heavy (non-hydrogen) atoms. The van der Waals surface area contributed by atoms with E-state index in [0.717, 1.165) is 0 Å². The molecule has 1 unspecified atom stereocenters. The van der Waals surface area contributed by atoms with Gasteiger partial charge in [-0.05, 0) is 25.7 Å². The summed E-state index contributed by atoms with van der Waals surface area (Å²) in [5, 5.41) is 15.8. The largest absolute Gasteiger partial charge is 0.393 e. The number of hydrogen-bond donors (Lipinski definition) is 2. The first-order valence-electron chi connectivity index (χ1n) is 5.70. The number of rotatable bonds is 5. The summed E-state index contributed by atoms with van der Waals surface area (Å²) >= 11 is 0. The molecule has 1 amide bonds. The Morgan fingerprint density at radius 1 is 1.65 bits per heavy atom. The Morgan fingerprint density at radius 3 is 2.76 bits per heavy atom. The summed E-state index contributed by atoms with van der Waals surface area (Å²) in [6.07, 6.45) is 0.248. The van der Waals surface area contributed by atoms with Gasteiger partial charge in [-0.15, -0.1) is 0 Å². The first kappa shape index (κ1) is 13.7. The Hall–Kier alpha value is -1.36. The third-order valence-electron chi connectivity index (χ3n) is 2.43. The molecule has 2 N–H and O–H groups in total. The quantitative estimate of drug-likeness (QED) is 0.818. The summed E-state index contributed by atoms with van der Waals surface area (Å²) in [4.78, 5) is 11.7. The molecule has 0 spiro atoms. The zero-order valence-electron chi connectivity index (χ0n) is 10.8. The van der Waals surface area contributed by atoms with Crippen LogP contribution in [0.5, 0.6) is 0 Å². The molecule has 5 heteroatoms. The molecule has 96 valence electrons. The average Bonchev–Trinajstić information content (AvgIpc) is 2.59. The van der Waals surface area contributed by atoms with E-state index in [9.17, 15) is 9.90 Å². The van der Waals surface area contributed by atoms with Gasteiger partial charge >= 0.3 is 0 Å². The van der Waals surface area contributed by atoms with Crippen LogP contribution in [-0.2, 0) is 0 Å². The first-order valence-corrected chi connectivity index (χ1v) is 5.70. The third kappa shape index (κ3) is 4.56. The molecule has 0 fully saturated rings. The van der Waals surface area contributed by atoms with Crippen molar-refractivity contribution in [3.05, 3.63) is 17.5 Å². The van der Waals surface area contributed by atoms with Crippen LogP contribution in [0.3, 0.4) is 0 Å². The van der Waals surface area contributed by atoms with E-state index in [0.29, 0.717) is 18.7 Å². The number of nitrogens with one attached hydrogen (secondary N) is 1. The van der Waals surface area contributed by atoms with Crippen LogP contribution >= 0.6 is 0 Å². The molecular weight excluding hydrogens is 220 g/mol. The van der Waals surface area contributed by atoms with Crippen LogP contribution in [0, 0.1) is 12.3 Å². The van der Waals surface area contributed by atoms with Crippen molar-refractivity contribution in [2.24, 2.45) is 5.41 Å². The maximum Gasteiger partial charge on any atom is 0.289 e. The molecule has 0 aliphatic carbocycles. The lowest BCUT2D eigenvalue weighted by Crippen LogP contribution is -2.35. The molecule has 0 aliphatic rings. The minimum absolute atomic E-state index is 0.154. The number of hydrogen-bond acceptors (Lipinski definition) is 4. The smallest absolute Gasteiger partial charge is 0.289 e. The van der Waals surface area contributed by atoms with E-state index in [4.69, 9.17) is 4.52 Å². The van der Waals surface area contributed by atoms with Crippen molar-refractivity contribution >= 4 is 5.91 Å². The Labute approximate surface area is 101 Å². The molecule has 5 nitrogen and oxygen atoms in total. The summed E-state index contributed by atoms with van der Waals surface area (Å²) in [5.74, 6) is -0.0559. The maximum atomic E-state index is 11.7. The predicted octanol–water partition coefficient (Wildman–Crippen LogP) is 1.51. The molecule has 0 aliphatic heterocycles. The van der Waals surface area contributed by atoms with Crippen molar-refractivity contribution in [2.45, 2.75) is 40.2 Å². The summed E-state index contributed by atoms with van der Waals surface area (Å²) in [6, 6.07) is 1.59. The number of carbonyl (C=O) groups excluding carboxylic acids is 1. The molecule has 1 heterocycles. The Bertz CT molecular complexity index is 383. The van der Waals surface area contributed by atoms with Crippen molar-refractivity contribution < 1.29 is 14.4 Å². The minimum Gasteiger partial charge on any atom is -0.393 e. The predicted molar refractivity (Wildman–Crippen MR) is 63.7 cm³/mol. The second kappa shape index (κ2) is 5.31. The van der Waals surface area contributed by atoms with Crippen LogP contribution in [-0.4, -0.2) is 28.8 Å². The molecule has 0 aromatic carbocycles. The van der Waals surface area contributed by atoms with Crippen molar-refractivity contribution in [3.63, 3.8) is 0 Å². The van der Waals surface area contributed by atoms with Gasteiger partial charge in [0.15, 0.2) is 0 Å². The fourth-order valence-electron chi connectivity index (χ4n) is 1.75. The number of aliphatic hydroxyl groups excluding tert-OH is 1. The van der Waals surface area contributed by atoms with Crippen molar-refractivity contribution in [1.29, 1.82) is 0 Å². The summed E-state index contributed by atoms with van der Waals surface area (Å²) in [6.45, 7) is 7.97. The van der Waals surface area contributed by atoms with Crippen LogP contribution in [0.4, 0.5) is 0 Å². The Morgan fingerprint density at radius 2 is 2.29 bits per heavy atom. The van der Waals surface area contributed by atoms with Crippen molar-refractivity contribution in [3.8, 4) is 0 Å². The van der Waals surface area contributed by atoms with Crippen LogP contribution in [0.1, 0.15) is 43.4 Å². The van der Waals surface area contributed by atoms with Crippen LogP contribution in [0.25, 0.3) is 0 Å². The van der Waals surface area contributed by atoms with Crippen molar-refractivity contribution in [1.82, 2.24) is 10.5 Å². The molecule has 0 saturated carbocycles. The summed E-state index contributed by atoms with van der Waals surface area (Å²) < 4.78 is 4.86. The normalized spacial score (nSPS) is 13.5. The Balaban J connectivity index is 2.48. The van der Waals surface area contributed by atoms with E-state index in [1.807, 2.05) is 13.8 Å². The fraction of sp³-hybridized carbons (Fsp3) is 0.667. The lowest BCUT2D eigenvalue weighted by atomic mass is 9.87. The molecule has 0 radical (unpaired) electrons. The number of aliphatic hydroxyl groups is 1. The number of nitrogens with zero attached hydrogens (tertiary/aromatic N) is 1. The van der Waals surface area contributed by atoms with Gasteiger partial charge in [-0.25, -0.2) is 0 Å². The van der Waals surface area contributed by atoms with Gasteiger partial charge in [0.2, 0.25) is 5.76 Å². The number of carbonyl (C=O) groups is 1. The van der Waals surface area contributed by atoms with E-state index < -0.39 is 0 Å². The zero-order chi connectivity index (χ0) is 13.1. The highest BCUT2D eigenvalue weighted by molar-refractivity contribution is 5.91. The van der Waals surface area contributed by atoms with Gasteiger partial charge in [-0.2, -0.15) is 0 Å². The van der Waals surface area contributed by atoms with Gasteiger partial charge < -0.3 is 14.9 Å². The minimum atomic E-state index is -0.380. The highest BCUT2D eigenvalue weighted by Crippen LogP contribution is 2.21. The Kier molecular flexibility index (Phi) is 4.28. The van der Waals surface area contributed by atoms with Gasteiger partial charge in [-0.3, -0.25) is 4.79 Å². The van der Waals surface area contributed by atoms with E-state index in [2.05, 4.69) is 10.5 Å². The standard InChI is InChI=1S/C12H20N2O3/c1-8-5-10(17-14-8)11(16)13-7-12(3,4)6-9(2)15/h5,9,15H,6-7H2,1-4H3,(H,13,16). The van der Waals surface area contributed by atoms with Gasteiger partial charge in [0.25, 0.3) is 5.91 Å². The lowest BCUT2D eigenvalue weighted by Gasteiger charge is -2.26. The molecule has 1 aromatic heterocycles. The zero-order valence-corrected chi connectivity index (χ0v) is 10.8. The number of aryl methyl sites for hydroxylation is 1. The molecule has 1 aromatic rings. The first-order chi connectivity index (χ1) is 7.80. The summed E-state index contributed by atoms with van der Waals surface area (Å²) in [7, 11) is 0. The van der Waals surface area contributed by atoms with Gasteiger partial charge in [0.05, 0.1) is 11.8 Å². The SMILES string of the molecule is Cc1cc(C(=O)NCC(C)(C)CC(C)O)on1. The fourth-order valence-corrected chi connectivity index (χ4v) is 1.75. The van der Waals surface area contributed by atoms with Gasteiger partial charge in [0.1, 0.15) is 0 Å². The van der Waals surface area contributed by atoms with Gasteiger partial charge in [0, 0.05) is 12.6 Å². The topological polar surface area (TPSA) is 75.4 Å².